The molecule has 102 valence electrons. The average Bonchev–Trinajstić information content (AvgIpc) is 2.86. The quantitative estimate of drug-likeness (QED) is 0.751. The molecule has 0 aliphatic rings. The van der Waals surface area contributed by atoms with E-state index in [-0.39, 0.29) is 5.56 Å². The van der Waals surface area contributed by atoms with E-state index in [9.17, 15) is 4.79 Å². The number of nitrogens with zero attached hydrogens (tertiary/aromatic N) is 2. The Balaban J connectivity index is 2.07. The summed E-state index contributed by atoms with van der Waals surface area (Å²) < 4.78 is 1.34. The fourth-order valence-electron chi connectivity index (χ4n) is 2.27. The largest absolute Gasteiger partial charge is 0.361 e. The molecule has 3 rings (SSSR count). The van der Waals surface area contributed by atoms with Crippen LogP contribution in [0.25, 0.3) is 10.9 Å². The third-order valence-corrected chi connectivity index (χ3v) is 3.55. The first-order valence-corrected chi connectivity index (χ1v) is 6.44. The monoisotopic (exact) mass is 268 g/mol. The van der Waals surface area contributed by atoms with E-state index in [4.69, 9.17) is 0 Å². The second kappa shape index (κ2) is 4.52. The summed E-state index contributed by atoms with van der Waals surface area (Å²) >= 11 is 0. The number of aryl methyl sites for hydroxylation is 2. The van der Waals surface area contributed by atoms with E-state index in [0.717, 1.165) is 27.8 Å². The third kappa shape index (κ3) is 1.97. The highest BCUT2D eigenvalue weighted by molar-refractivity contribution is 5.86. The molecule has 2 heterocycles. The molecule has 0 spiro atoms. The molecule has 5 nitrogen and oxygen atoms in total. The van der Waals surface area contributed by atoms with Gasteiger partial charge >= 0.3 is 0 Å². The van der Waals surface area contributed by atoms with Crippen molar-refractivity contribution < 1.29 is 0 Å². The van der Waals surface area contributed by atoms with E-state index in [1.807, 2.05) is 19.2 Å². The van der Waals surface area contributed by atoms with Gasteiger partial charge in [0.05, 0.1) is 11.9 Å². The molecular formula is C15H16N4O. The van der Waals surface area contributed by atoms with Crippen molar-refractivity contribution in [2.24, 2.45) is 7.05 Å². The zero-order chi connectivity index (χ0) is 14.3. The second-order valence-electron chi connectivity index (χ2n) is 4.97. The van der Waals surface area contributed by atoms with Crippen LogP contribution in [0.4, 0.5) is 11.4 Å². The van der Waals surface area contributed by atoms with Crippen molar-refractivity contribution in [2.45, 2.75) is 13.8 Å². The number of benzene rings is 1. The molecule has 20 heavy (non-hydrogen) atoms. The number of aromatic amines is 1. The van der Waals surface area contributed by atoms with Crippen LogP contribution in [0.2, 0.25) is 0 Å². The van der Waals surface area contributed by atoms with Gasteiger partial charge in [-0.2, -0.15) is 5.10 Å². The lowest BCUT2D eigenvalue weighted by Gasteiger charge is -2.12. The highest BCUT2D eigenvalue weighted by atomic mass is 16.1. The maximum atomic E-state index is 11.9. The van der Waals surface area contributed by atoms with Crippen LogP contribution in [0.5, 0.6) is 0 Å². The van der Waals surface area contributed by atoms with E-state index in [2.05, 4.69) is 27.5 Å². The molecule has 5 heteroatoms. The summed E-state index contributed by atoms with van der Waals surface area (Å²) in [5, 5.41) is 8.49. The summed E-state index contributed by atoms with van der Waals surface area (Å²) in [6.07, 6.45) is 3.59. The minimum atomic E-state index is -0.0876. The summed E-state index contributed by atoms with van der Waals surface area (Å²) in [6.45, 7) is 3.84. The molecule has 0 unspecified atom stereocenters. The highest BCUT2D eigenvalue weighted by Crippen LogP contribution is 2.26. The van der Waals surface area contributed by atoms with Crippen LogP contribution in [-0.2, 0) is 7.05 Å². The molecule has 0 saturated heterocycles. The van der Waals surface area contributed by atoms with Crippen LogP contribution in [0.15, 0.2) is 35.4 Å². The Morgan fingerprint density at radius 1 is 1.25 bits per heavy atom. The summed E-state index contributed by atoms with van der Waals surface area (Å²) in [7, 11) is 1.65. The number of rotatable bonds is 2. The summed E-state index contributed by atoms with van der Waals surface area (Å²) in [4.78, 5) is 15.1. The maximum Gasteiger partial charge on any atom is 0.271 e. The lowest BCUT2D eigenvalue weighted by molar-refractivity contribution is 0.702. The van der Waals surface area contributed by atoms with Crippen LogP contribution >= 0.6 is 0 Å². The maximum absolute atomic E-state index is 11.9. The van der Waals surface area contributed by atoms with E-state index in [1.165, 1.54) is 4.68 Å². The van der Waals surface area contributed by atoms with Crippen molar-refractivity contribution >= 4 is 22.3 Å². The molecule has 3 aromatic rings. The van der Waals surface area contributed by atoms with E-state index in [0.29, 0.717) is 5.56 Å². The minimum Gasteiger partial charge on any atom is -0.361 e. The average molecular weight is 268 g/mol. The Morgan fingerprint density at radius 2 is 2.05 bits per heavy atom. The van der Waals surface area contributed by atoms with Gasteiger partial charge in [0.2, 0.25) is 0 Å². The molecule has 0 atom stereocenters. The zero-order valence-corrected chi connectivity index (χ0v) is 11.7. The Bertz CT molecular complexity index is 845. The number of fused-ring (bicyclic) bond motifs is 1. The summed E-state index contributed by atoms with van der Waals surface area (Å²) in [5.41, 5.74) is 4.51. The second-order valence-corrected chi connectivity index (χ2v) is 4.97. The van der Waals surface area contributed by atoms with Crippen LogP contribution in [0, 0.1) is 13.8 Å². The predicted octanol–water partition coefficient (Wildman–Crippen LogP) is 2.62. The van der Waals surface area contributed by atoms with Crippen LogP contribution in [0.1, 0.15) is 11.1 Å². The Kier molecular flexibility index (Phi) is 2.82. The van der Waals surface area contributed by atoms with Crippen molar-refractivity contribution in [1.82, 2.24) is 14.8 Å². The van der Waals surface area contributed by atoms with E-state index < -0.39 is 0 Å². The summed E-state index contributed by atoms with van der Waals surface area (Å²) in [6, 6.07) is 6.18. The molecule has 2 N–H and O–H groups in total. The standard InChI is InChI=1S/C15H16N4O/c1-9-6-13-11(4-5-16-13)7-12(9)18-14-8-17-19(3)15(20)10(14)2/h4-8,16,18H,1-3H3. The molecule has 0 aliphatic carbocycles. The van der Waals surface area contributed by atoms with Gasteiger partial charge in [0.15, 0.2) is 0 Å². The third-order valence-electron chi connectivity index (χ3n) is 3.55. The van der Waals surface area contributed by atoms with Crippen molar-refractivity contribution in [3.63, 3.8) is 0 Å². The fourth-order valence-corrected chi connectivity index (χ4v) is 2.27. The molecule has 0 saturated carbocycles. The van der Waals surface area contributed by atoms with Gasteiger partial charge in [-0.1, -0.05) is 0 Å². The van der Waals surface area contributed by atoms with Crippen LogP contribution in [0.3, 0.4) is 0 Å². The van der Waals surface area contributed by atoms with Crippen LogP contribution in [-0.4, -0.2) is 14.8 Å². The molecule has 0 bridgehead atoms. The smallest absolute Gasteiger partial charge is 0.271 e. The molecule has 1 aromatic carbocycles. The number of anilines is 2. The lowest BCUT2D eigenvalue weighted by atomic mass is 10.1. The SMILES string of the molecule is Cc1cc2[nH]ccc2cc1Nc1cnn(C)c(=O)c1C. The molecule has 2 aromatic heterocycles. The van der Waals surface area contributed by atoms with Gasteiger partial charge in [0.1, 0.15) is 0 Å². The number of aromatic nitrogens is 3. The van der Waals surface area contributed by atoms with Gasteiger partial charge in [-0.05, 0) is 37.6 Å². The van der Waals surface area contributed by atoms with Crippen molar-refractivity contribution in [2.75, 3.05) is 5.32 Å². The minimum absolute atomic E-state index is 0.0876. The van der Waals surface area contributed by atoms with E-state index in [1.54, 1.807) is 20.2 Å². The van der Waals surface area contributed by atoms with Gasteiger partial charge in [-0.25, -0.2) is 4.68 Å². The zero-order valence-electron chi connectivity index (χ0n) is 11.7. The Labute approximate surface area is 116 Å². The first-order valence-electron chi connectivity index (χ1n) is 6.44. The highest BCUT2D eigenvalue weighted by Gasteiger charge is 2.08. The van der Waals surface area contributed by atoms with Gasteiger partial charge in [0.25, 0.3) is 5.56 Å². The van der Waals surface area contributed by atoms with Gasteiger partial charge in [-0.3, -0.25) is 4.79 Å². The number of hydrogen-bond donors (Lipinski definition) is 2. The Hall–Kier alpha value is -2.56. The van der Waals surface area contributed by atoms with Gasteiger partial charge < -0.3 is 10.3 Å². The van der Waals surface area contributed by atoms with Gasteiger partial charge in [0, 0.05) is 35.4 Å². The summed E-state index contributed by atoms with van der Waals surface area (Å²) in [5.74, 6) is 0. The normalized spacial score (nSPS) is 10.9. The van der Waals surface area contributed by atoms with Crippen molar-refractivity contribution in [3.05, 3.63) is 52.1 Å². The predicted molar refractivity (Wildman–Crippen MR) is 80.5 cm³/mol. The van der Waals surface area contributed by atoms with Crippen LogP contribution < -0.4 is 10.9 Å². The van der Waals surface area contributed by atoms with Crippen molar-refractivity contribution in [3.8, 4) is 0 Å². The van der Waals surface area contributed by atoms with Crippen molar-refractivity contribution in [1.29, 1.82) is 0 Å². The molecule has 0 amide bonds. The first kappa shape index (κ1) is 12.5. The number of nitrogens with one attached hydrogen (secondary N) is 2. The Morgan fingerprint density at radius 3 is 2.85 bits per heavy atom. The van der Waals surface area contributed by atoms with E-state index >= 15 is 0 Å². The fraction of sp³-hybridized carbons (Fsp3) is 0.200. The number of H-pyrrole nitrogens is 1. The topological polar surface area (TPSA) is 62.7 Å². The first-order chi connectivity index (χ1) is 9.56. The molecule has 0 aliphatic heterocycles. The molecule has 0 radical (unpaired) electrons. The number of hydrogen-bond acceptors (Lipinski definition) is 3. The molecule has 0 fully saturated rings. The van der Waals surface area contributed by atoms with Gasteiger partial charge in [-0.15, -0.1) is 0 Å². The lowest BCUT2D eigenvalue weighted by Crippen LogP contribution is -2.22. The molecular weight excluding hydrogens is 252 g/mol.